The maximum absolute atomic E-state index is 13.0. The highest BCUT2D eigenvalue weighted by Crippen LogP contribution is 2.29. The van der Waals surface area contributed by atoms with E-state index in [0.29, 0.717) is 18.0 Å². The normalized spacial score (nSPS) is 14.8. The smallest absolute Gasteiger partial charge is 0.228 e. The first-order valence-electron chi connectivity index (χ1n) is 8.08. The number of nitrogens with zero attached hydrogens (tertiary/aromatic N) is 3. The number of nitrogens with one attached hydrogen (secondary N) is 2. The molecular weight excluding hydrogens is 309 g/mol. The topological polar surface area (TPSA) is 75.6 Å². The first-order valence-corrected chi connectivity index (χ1v) is 8.08. The molecule has 0 bridgehead atoms. The number of carbonyl (C=O) groups excluding carboxylic acids is 1. The lowest BCUT2D eigenvalue weighted by Gasteiger charge is -2.23. The summed E-state index contributed by atoms with van der Waals surface area (Å²) in [4.78, 5) is 12.2. The summed E-state index contributed by atoms with van der Waals surface area (Å²) in [5.41, 5.74) is 2.41. The maximum Gasteiger partial charge on any atom is 0.228 e. The number of H-pyrrole nitrogens is 1. The number of fused-ring (bicyclic) bond motifs is 1. The molecule has 0 atom stereocenters. The number of hydrogen-bond donors (Lipinski definition) is 2. The van der Waals surface area contributed by atoms with Gasteiger partial charge in [0.15, 0.2) is 5.65 Å². The molecule has 4 rings (SSSR count). The SMILES string of the molecule is Cc1nn(Cc2ccc(F)cc2)c2n[nH]c(NC(=O)C3CCC3)c12. The third kappa shape index (κ3) is 2.55. The fourth-order valence-electron chi connectivity index (χ4n) is 3.00. The Morgan fingerprint density at radius 3 is 2.79 bits per heavy atom. The molecule has 6 nitrogen and oxygen atoms in total. The van der Waals surface area contributed by atoms with Gasteiger partial charge in [-0.05, 0) is 37.5 Å². The van der Waals surface area contributed by atoms with Crippen LogP contribution in [0.3, 0.4) is 0 Å². The number of anilines is 1. The summed E-state index contributed by atoms with van der Waals surface area (Å²) < 4.78 is 14.8. The minimum Gasteiger partial charge on any atom is -0.310 e. The van der Waals surface area contributed by atoms with Gasteiger partial charge in [-0.15, -0.1) is 0 Å². The number of aromatic nitrogens is 4. The minimum absolute atomic E-state index is 0.0393. The van der Waals surface area contributed by atoms with Gasteiger partial charge in [0, 0.05) is 5.92 Å². The molecule has 1 aliphatic rings. The van der Waals surface area contributed by atoms with Crippen molar-refractivity contribution < 1.29 is 9.18 Å². The molecule has 1 amide bonds. The van der Waals surface area contributed by atoms with Crippen molar-refractivity contribution in [1.29, 1.82) is 0 Å². The lowest BCUT2D eigenvalue weighted by molar-refractivity contribution is -0.122. The summed E-state index contributed by atoms with van der Waals surface area (Å²) in [7, 11) is 0. The van der Waals surface area contributed by atoms with Gasteiger partial charge in [-0.25, -0.2) is 9.07 Å². The molecule has 2 aromatic heterocycles. The van der Waals surface area contributed by atoms with Gasteiger partial charge in [-0.2, -0.15) is 10.2 Å². The third-order valence-electron chi connectivity index (χ3n) is 4.59. The number of aromatic amines is 1. The standard InChI is InChI=1S/C17H18FN5O/c1-10-14-15(19-17(24)12-3-2-4-12)20-21-16(14)23(22-10)9-11-5-7-13(18)8-6-11/h5-8,12H,2-4,9H2,1H3,(H2,19,20,21,24). The number of rotatable bonds is 4. The van der Waals surface area contributed by atoms with Crippen LogP contribution >= 0.6 is 0 Å². The Labute approximate surface area is 138 Å². The third-order valence-corrected chi connectivity index (χ3v) is 4.59. The van der Waals surface area contributed by atoms with Crippen LogP contribution < -0.4 is 5.32 Å². The molecule has 7 heteroatoms. The fourth-order valence-corrected chi connectivity index (χ4v) is 3.00. The Balaban J connectivity index is 1.61. The fraction of sp³-hybridized carbons (Fsp3) is 0.353. The summed E-state index contributed by atoms with van der Waals surface area (Å²) in [5.74, 6) is 0.487. The van der Waals surface area contributed by atoms with E-state index >= 15 is 0 Å². The molecule has 0 unspecified atom stereocenters. The summed E-state index contributed by atoms with van der Waals surface area (Å²) >= 11 is 0. The van der Waals surface area contributed by atoms with Crippen LogP contribution in [-0.2, 0) is 11.3 Å². The molecule has 24 heavy (non-hydrogen) atoms. The second-order valence-electron chi connectivity index (χ2n) is 6.28. The van der Waals surface area contributed by atoms with Crippen molar-refractivity contribution in [3.8, 4) is 0 Å². The Bertz CT molecular complexity index is 892. The number of amides is 1. The Morgan fingerprint density at radius 2 is 2.12 bits per heavy atom. The first-order chi connectivity index (χ1) is 11.6. The van der Waals surface area contributed by atoms with Crippen molar-refractivity contribution in [2.75, 3.05) is 5.32 Å². The predicted molar refractivity (Wildman–Crippen MR) is 88.1 cm³/mol. The van der Waals surface area contributed by atoms with E-state index in [0.717, 1.165) is 35.9 Å². The average Bonchev–Trinajstić information content (AvgIpc) is 3.03. The van der Waals surface area contributed by atoms with E-state index < -0.39 is 0 Å². The van der Waals surface area contributed by atoms with E-state index in [2.05, 4.69) is 20.6 Å². The van der Waals surface area contributed by atoms with Gasteiger partial charge >= 0.3 is 0 Å². The van der Waals surface area contributed by atoms with Crippen LogP contribution in [0.25, 0.3) is 11.0 Å². The van der Waals surface area contributed by atoms with Gasteiger partial charge in [0.2, 0.25) is 5.91 Å². The van der Waals surface area contributed by atoms with Gasteiger partial charge in [0.05, 0.1) is 17.6 Å². The van der Waals surface area contributed by atoms with Crippen molar-refractivity contribution in [2.24, 2.45) is 5.92 Å². The highest BCUT2D eigenvalue weighted by atomic mass is 19.1. The maximum atomic E-state index is 13.0. The van der Waals surface area contributed by atoms with Crippen molar-refractivity contribution in [3.63, 3.8) is 0 Å². The van der Waals surface area contributed by atoms with Crippen LogP contribution in [0.1, 0.15) is 30.5 Å². The van der Waals surface area contributed by atoms with Crippen molar-refractivity contribution in [2.45, 2.75) is 32.7 Å². The van der Waals surface area contributed by atoms with Crippen molar-refractivity contribution in [1.82, 2.24) is 20.0 Å². The molecule has 1 fully saturated rings. The van der Waals surface area contributed by atoms with E-state index in [-0.39, 0.29) is 17.6 Å². The highest BCUT2D eigenvalue weighted by Gasteiger charge is 2.26. The van der Waals surface area contributed by atoms with E-state index in [9.17, 15) is 9.18 Å². The monoisotopic (exact) mass is 327 g/mol. The van der Waals surface area contributed by atoms with Crippen LogP contribution in [0.2, 0.25) is 0 Å². The number of hydrogen-bond acceptors (Lipinski definition) is 3. The van der Waals surface area contributed by atoms with E-state index in [1.54, 1.807) is 16.8 Å². The van der Waals surface area contributed by atoms with Crippen molar-refractivity contribution in [3.05, 3.63) is 41.3 Å². The summed E-state index contributed by atoms with van der Waals surface area (Å²) in [6, 6.07) is 6.31. The molecule has 1 aromatic carbocycles. The van der Waals surface area contributed by atoms with Gasteiger partial charge in [0.25, 0.3) is 0 Å². The highest BCUT2D eigenvalue weighted by molar-refractivity contribution is 6.00. The Hall–Kier alpha value is -2.70. The number of aryl methyl sites for hydroxylation is 1. The zero-order valence-electron chi connectivity index (χ0n) is 13.3. The molecule has 3 aromatic rings. The van der Waals surface area contributed by atoms with Crippen LogP contribution in [0.4, 0.5) is 10.2 Å². The van der Waals surface area contributed by atoms with Crippen molar-refractivity contribution >= 4 is 22.8 Å². The van der Waals surface area contributed by atoms with Gasteiger partial charge in [-0.1, -0.05) is 18.6 Å². The Kier molecular flexibility index (Phi) is 3.55. The predicted octanol–water partition coefficient (Wildman–Crippen LogP) is 2.99. The Morgan fingerprint density at radius 1 is 1.38 bits per heavy atom. The molecule has 0 radical (unpaired) electrons. The van der Waals surface area contributed by atoms with Crippen LogP contribution in [0, 0.1) is 18.7 Å². The van der Waals surface area contributed by atoms with Gasteiger partial charge in [-0.3, -0.25) is 9.89 Å². The van der Waals surface area contributed by atoms with Gasteiger partial charge < -0.3 is 5.32 Å². The largest absolute Gasteiger partial charge is 0.310 e. The lowest BCUT2D eigenvalue weighted by atomic mass is 9.85. The molecule has 0 saturated heterocycles. The minimum atomic E-state index is -0.263. The number of carbonyl (C=O) groups is 1. The average molecular weight is 327 g/mol. The molecule has 2 heterocycles. The summed E-state index contributed by atoms with van der Waals surface area (Å²) in [5, 5.41) is 15.5. The molecule has 124 valence electrons. The lowest BCUT2D eigenvalue weighted by Crippen LogP contribution is -2.28. The molecule has 0 aliphatic heterocycles. The quantitative estimate of drug-likeness (QED) is 0.773. The number of benzene rings is 1. The second-order valence-corrected chi connectivity index (χ2v) is 6.28. The molecular formula is C17H18FN5O. The molecule has 1 saturated carbocycles. The summed E-state index contributed by atoms with van der Waals surface area (Å²) in [6.07, 6.45) is 3.02. The van der Waals surface area contributed by atoms with E-state index in [4.69, 9.17) is 0 Å². The van der Waals surface area contributed by atoms with E-state index in [1.807, 2.05) is 6.92 Å². The van der Waals surface area contributed by atoms with Gasteiger partial charge in [0.1, 0.15) is 11.6 Å². The van der Waals surface area contributed by atoms with Crippen LogP contribution in [0.5, 0.6) is 0 Å². The molecule has 2 N–H and O–H groups in total. The summed E-state index contributed by atoms with van der Waals surface area (Å²) in [6.45, 7) is 2.38. The first kappa shape index (κ1) is 14.9. The zero-order chi connectivity index (χ0) is 16.7. The molecule has 0 spiro atoms. The molecule has 1 aliphatic carbocycles. The zero-order valence-corrected chi connectivity index (χ0v) is 13.3. The van der Waals surface area contributed by atoms with Crippen LogP contribution in [0.15, 0.2) is 24.3 Å². The van der Waals surface area contributed by atoms with Crippen LogP contribution in [-0.4, -0.2) is 25.9 Å². The number of halogens is 1. The second kappa shape index (κ2) is 5.74. The van der Waals surface area contributed by atoms with E-state index in [1.165, 1.54) is 12.1 Å².